The van der Waals surface area contributed by atoms with Crippen LogP contribution in [0.3, 0.4) is 0 Å². The molecular weight excluding hydrogens is 303 g/mol. The van der Waals surface area contributed by atoms with E-state index in [4.69, 9.17) is 9.32 Å². The van der Waals surface area contributed by atoms with E-state index in [1.165, 1.54) is 6.42 Å². The number of hydrogen-bond donors (Lipinski definition) is 1. The molecule has 2 bridgehead atoms. The van der Waals surface area contributed by atoms with Gasteiger partial charge in [0.25, 0.3) is 0 Å². The molecule has 0 atom stereocenters. The first kappa shape index (κ1) is 12.1. The molecule has 3 aliphatic heterocycles. The third-order valence-electron chi connectivity index (χ3n) is 2.81. The van der Waals surface area contributed by atoms with Crippen LogP contribution in [0.5, 0.6) is 0 Å². The van der Waals surface area contributed by atoms with Gasteiger partial charge in [-0.3, -0.25) is 0 Å². The molecule has 3 rings (SSSR count). The first-order valence-corrected chi connectivity index (χ1v) is 11.3. The number of hydroxylamine groups is 1. The molecule has 3 heterocycles. The zero-order chi connectivity index (χ0) is 10.6. The number of hydrogen-bond acceptors (Lipinski definition) is 5. The van der Waals surface area contributed by atoms with Crippen molar-refractivity contribution < 1.29 is 9.32 Å². The summed E-state index contributed by atoms with van der Waals surface area (Å²) in [6.45, 7) is 6.50. The van der Waals surface area contributed by atoms with Crippen LogP contribution in [0.15, 0.2) is 0 Å². The normalized spacial score (nSPS) is 37.0. The van der Waals surface area contributed by atoms with Crippen LogP contribution in [-0.4, -0.2) is 57.5 Å². The summed E-state index contributed by atoms with van der Waals surface area (Å²) in [5.74, 6) is 0. The molecule has 3 aliphatic rings. The van der Waals surface area contributed by atoms with Gasteiger partial charge < -0.3 is 0 Å². The van der Waals surface area contributed by atoms with Gasteiger partial charge in [-0.2, -0.15) is 0 Å². The summed E-state index contributed by atoms with van der Waals surface area (Å²) in [4.78, 5) is 2.24. The van der Waals surface area contributed by atoms with E-state index in [1.54, 1.807) is 0 Å². The maximum absolute atomic E-state index is 5.90. The molecule has 0 aliphatic carbocycles. The number of fused-ring (bicyclic) bond motifs is 6. The summed E-state index contributed by atoms with van der Waals surface area (Å²) in [5, 5.41) is 0. The summed E-state index contributed by atoms with van der Waals surface area (Å²) in [6.07, 6.45) is 2.31. The van der Waals surface area contributed by atoms with E-state index in [1.807, 2.05) is 0 Å². The van der Waals surface area contributed by atoms with Crippen LogP contribution in [-0.2, 0) is 9.32 Å². The first-order valence-electron chi connectivity index (χ1n) is 5.76. The number of unbranched alkanes of at least 4 members (excludes halogenated alkanes) is 1. The Morgan fingerprint density at radius 3 is 2.67 bits per heavy atom. The molecule has 3 fully saturated rings. The van der Waals surface area contributed by atoms with Gasteiger partial charge in [-0.1, -0.05) is 0 Å². The van der Waals surface area contributed by atoms with Gasteiger partial charge in [-0.15, -0.1) is 0 Å². The van der Waals surface area contributed by atoms with Crippen LogP contribution in [0.2, 0.25) is 4.44 Å². The molecule has 0 aromatic heterocycles. The number of nitrogens with one attached hydrogen (secondary N) is 1. The van der Waals surface area contributed by atoms with Gasteiger partial charge in [0.2, 0.25) is 0 Å². The fourth-order valence-corrected chi connectivity index (χ4v) is 8.90. The van der Waals surface area contributed by atoms with Crippen molar-refractivity contribution in [3.8, 4) is 0 Å². The van der Waals surface area contributed by atoms with E-state index >= 15 is 0 Å². The van der Waals surface area contributed by atoms with Gasteiger partial charge in [-0.25, -0.2) is 0 Å². The zero-order valence-corrected chi connectivity index (χ0v) is 12.2. The van der Waals surface area contributed by atoms with Crippen LogP contribution in [0.25, 0.3) is 0 Å². The van der Waals surface area contributed by atoms with Crippen LogP contribution in [0.4, 0.5) is 0 Å². The van der Waals surface area contributed by atoms with Crippen LogP contribution in [0.1, 0.15) is 19.8 Å². The van der Waals surface area contributed by atoms with E-state index < -0.39 is 19.6 Å². The summed E-state index contributed by atoms with van der Waals surface area (Å²) in [7, 11) is 0. The number of nitrogens with zero attached hydrogens (tertiary/aromatic N) is 1. The maximum atomic E-state index is 5.90. The predicted octanol–water partition coefficient (Wildman–Crippen LogP) is 0.566. The molecule has 0 unspecified atom stereocenters. The van der Waals surface area contributed by atoms with Crippen LogP contribution >= 0.6 is 0 Å². The molecule has 6 heteroatoms. The zero-order valence-electron chi connectivity index (χ0n) is 9.33. The van der Waals surface area contributed by atoms with Gasteiger partial charge in [0.15, 0.2) is 0 Å². The SMILES string of the molecule is CCC[CH2][Sn]12[O]CCN(CC[O]1)CN[O]2. The van der Waals surface area contributed by atoms with Crippen molar-refractivity contribution in [3.05, 3.63) is 0 Å². The Kier molecular flexibility index (Phi) is 4.66. The fourth-order valence-electron chi connectivity index (χ4n) is 1.85. The van der Waals surface area contributed by atoms with Gasteiger partial charge in [0.1, 0.15) is 0 Å². The molecule has 0 spiro atoms. The molecule has 5 nitrogen and oxygen atoms in total. The van der Waals surface area contributed by atoms with E-state index in [0.717, 1.165) is 43.8 Å². The Morgan fingerprint density at radius 2 is 2.00 bits per heavy atom. The van der Waals surface area contributed by atoms with Gasteiger partial charge in [-0.05, 0) is 0 Å². The van der Waals surface area contributed by atoms with Crippen molar-refractivity contribution in [1.29, 1.82) is 0 Å². The Bertz CT molecular complexity index is 173. The predicted molar refractivity (Wildman–Crippen MR) is 58.0 cm³/mol. The summed E-state index contributed by atoms with van der Waals surface area (Å²) >= 11 is -3.18. The minimum atomic E-state index is -3.18. The van der Waals surface area contributed by atoms with E-state index in [0.29, 0.717) is 0 Å². The Morgan fingerprint density at radius 1 is 1.27 bits per heavy atom. The molecule has 3 saturated heterocycles. The standard InChI is InChI=1S/C5H11N2O3.C4H9.Sn/c8-3-1-7(2-4-9)5-6-10;1-3-4-2;/h6H,1-5H2;1,3-4H2,2H3;/q-3;;+3. The molecule has 0 amide bonds. The minimum absolute atomic E-state index is 0.765. The summed E-state index contributed by atoms with van der Waals surface area (Å²) in [5.41, 5.74) is 3.01. The van der Waals surface area contributed by atoms with Crippen molar-refractivity contribution in [2.45, 2.75) is 24.2 Å². The second-order valence-corrected chi connectivity index (χ2v) is 11.6. The first-order chi connectivity index (χ1) is 7.35. The molecule has 0 aromatic rings. The van der Waals surface area contributed by atoms with Gasteiger partial charge in [0, 0.05) is 0 Å². The molecule has 1 N–H and O–H groups in total. The van der Waals surface area contributed by atoms with Crippen molar-refractivity contribution in [2.75, 3.05) is 33.0 Å². The number of rotatable bonds is 3. The Hall–Kier alpha value is 0.599. The Balaban J connectivity index is 1.98. The second kappa shape index (κ2) is 5.79. The van der Waals surface area contributed by atoms with Crippen molar-refractivity contribution >= 4 is 19.6 Å². The van der Waals surface area contributed by atoms with Gasteiger partial charge in [0.05, 0.1) is 0 Å². The third kappa shape index (κ3) is 3.28. The third-order valence-corrected chi connectivity index (χ3v) is 10.5. The summed E-state index contributed by atoms with van der Waals surface area (Å²) in [6, 6.07) is 0. The quantitative estimate of drug-likeness (QED) is 0.769. The molecule has 88 valence electrons. The average Bonchev–Trinajstić information content (AvgIpc) is 2.14. The molecule has 0 saturated carbocycles. The summed E-state index contributed by atoms with van der Waals surface area (Å²) < 4.78 is 18.5. The van der Waals surface area contributed by atoms with E-state index in [2.05, 4.69) is 17.3 Å². The van der Waals surface area contributed by atoms with Crippen LogP contribution < -0.4 is 5.48 Å². The van der Waals surface area contributed by atoms with Crippen molar-refractivity contribution in [3.63, 3.8) is 0 Å². The van der Waals surface area contributed by atoms with Crippen molar-refractivity contribution in [2.24, 2.45) is 0 Å². The fraction of sp³-hybridized carbons (Fsp3) is 1.00. The molecule has 15 heavy (non-hydrogen) atoms. The Labute approximate surface area is 96.5 Å². The molecular formula is C9H20N2O3Sn. The van der Waals surface area contributed by atoms with E-state index in [-0.39, 0.29) is 0 Å². The topological polar surface area (TPSA) is 43.0 Å². The van der Waals surface area contributed by atoms with Crippen LogP contribution in [0, 0.1) is 0 Å². The average molecular weight is 323 g/mol. The van der Waals surface area contributed by atoms with E-state index in [9.17, 15) is 0 Å². The monoisotopic (exact) mass is 324 g/mol. The van der Waals surface area contributed by atoms with Gasteiger partial charge >= 0.3 is 96.5 Å². The second-order valence-electron chi connectivity index (χ2n) is 4.01. The van der Waals surface area contributed by atoms with Crippen molar-refractivity contribution in [1.82, 2.24) is 10.4 Å². The molecule has 0 radical (unpaired) electrons. The molecule has 0 aromatic carbocycles.